The van der Waals surface area contributed by atoms with E-state index in [1.807, 2.05) is 164 Å². The number of rotatable bonds is 14. The first kappa shape index (κ1) is 88.0. The van der Waals surface area contributed by atoms with Crippen LogP contribution in [0, 0.1) is 55.3 Å². The maximum absolute atomic E-state index is 4.52. The minimum Gasteiger partial charge on any atom is -0.305 e. The molecule has 9 heteroatoms. The third kappa shape index (κ3) is 27.6. The van der Waals surface area contributed by atoms with E-state index in [1.165, 1.54) is 66.8 Å². The SMILES string of the molecule is CC(C)Cc1ccnc(-c2[c-]ccc(-c3ccccc3)c2)c1.CC(C)c1cc[c-]c(-c2[c-]ccc(-c3ccccc3)c2)c1.CC(C)c1ccnc(-c2[c-]ccc(-c3ccccc3)c2)c1.Cc1ccnc(-c2[c-]ccc(-c3ccccc3)c2)c1.[Ir].[Ir].[Ir].[Ir].[c-]1ccccc1-c1ccccn1.[c-]1ccccc1-c1ccccn1. The normalized spacial score (nSPS) is 10.1. The number of benzene rings is 11. The fraction of sp³-hybridized carbons (Fsp3) is 0.108. The van der Waals surface area contributed by atoms with Gasteiger partial charge in [0.1, 0.15) is 0 Å². The Morgan fingerprint density at radius 1 is 0.234 bits per heavy atom. The van der Waals surface area contributed by atoms with Gasteiger partial charge in [0.25, 0.3) is 0 Å². The van der Waals surface area contributed by atoms with Crippen molar-refractivity contribution in [3.05, 3.63) is 429 Å². The van der Waals surface area contributed by atoms with Crippen molar-refractivity contribution in [1.29, 1.82) is 0 Å². The molecule has 4 radical (unpaired) electrons. The summed E-state index contributed by atoms with van der Waals surface area (Å²) in [6, 6.07) is 136. The molecule has 0 N–H and O–H groups in total. The van der Waals surface area contributed by atoms with Crippen molar-refractivity contribution in [3.8, 4) is 112 Å². The zero-order chi connectivity index (χ0) is 74.2. The minimum atomic E-state index is 0. The van der Waals surface area contributed by atoms with E-state index in [1.54, 1.807) is 12.4 Å². The second kappa shape index (κ2) is 47.1. The minimum absolute atomic E-state index is 0. The molecule has 0 aliphatic rings. The zero-order valence-electron chi connectivity index (χ0n) is 63.1. The Hall–Kier alpha value is -10.2. The van der Waals surface area contributed by atoms with Crippen LogP contribution in [0.2, 0.25) is 0 Å². The van der Waals surface area contributed by atoms with Crippen LogP contribution < -0.4 is 0 Å². The molecule has 16 aromatic rings. The molecule has 562 valence electrons. The number of pyridine rings is 5. The van der Waals surface area contributed by atoms with E-state index in [0.29, 0.717) is 17.8 Å². The molecule has 16 rings (SSSR count). The molecule has 0 fully saturated rings. The summed E-state index contributed by atoms with van der Waals surface area (Å²) in [5.41, 5.74) is 27.2. The van der Waals surface area contributed by atoms with Gasteiger partial charge in [0.05, 0.1) is 0 Å². The zero-order valence-corrected chi connectivity index (χ0v) is 72.7. The number of aryl methyl sites for hydroxylation is 1. The standard InChI is InChI=1S/C21H20N.C21H18.C20H18N.C18H14N.2C11H8N.4Ir/c1-16(2)13-17-11-12-22-21(14-17)20-10-6-9-19(15-20)18-7-4-3-5-8-18;1-16(2)18-10-6-12-20(14-18)21-13-7-11-19(15-21)17-8-4-3-5-9-17;1-15(2)17-11-12-21-20(14-17)19-10-6-9-18(13-19)16-7-4-3-5-8-16;1-14-10-11-19-18(12-14)17-9-5-8-16(13-17)15-6-3-2-4-7-15;2*1-2-6-10(7-3-1)11-8-4-5-9-12-11;;;;/h3-9,11-12,14-16H,13H2,1-2H3;3-11,14-16H,1-2H3;3-9,11-15H,1-2H3;2-8,10-13H,1H3;2*1-6,8-9H;;;;/q-1;-2;4*-1;;;;. The number of hydrogen-bond acceptors (Lipinski definition) is 5. The predicted molar refractivity (Wildman–Crippen MR) is 445 cm³/mol. The molecule has 111 heavy (non-hydrogen) atoms. The first-order valence-corrected chi connectivity index (χ1v) is 36.4. The Labute approximate surface area is 712 Å². The van der Waals surface area contributed by atoms with Gasteiger partial charge in [-0.2, -0.15) is 36.4 Å². The van der Waals surface area contributed by atoms with Crippen LogP contribution in [-0.4, -0.2) is 24.9 Å². The molecular weight excluding hydrogens is 2060 g/mol. The molecule has 0 unspecified atom stereocenters. The van der Waals surface area contributed by atoms with Crippen LogP contribution in [0.3, 0.4) is 0 Å². The topological polar surface area (TPSA) is 64.5 Å². The summed E-state index contributed by atoms with van der Waals surface area (Å²) in [6.07, 6.45) is 10.3. The Morgan fingerprint density at radius 2 is 0.559 bits per heavy atom. The van der Waals surface area contributed by atoms with E-state index < -0.39 is 0 Å². The van der Waals surface area contributed by atoms with E-state index in [-0.39, 0.29) is 80.4 Å². The van der Waals surface area contributed by atoms with E-state index in [4.69, 9.17) is 0 Å². The van der Waals surface area contributed by atoms with Gasteiger partial charge in [0.15, 0.2) is 0 Å². The Morgan fingerprint density at radius 3 is 0.937 bits per heavy atom. The molecule has 0 amide bonds. The quantitative estimate of drug-likeness (QED) is 0.102. The monoisotopic (exact) mass is 2150 g/mol. The molecule has 0 aliphatic carbocycles. The average molecular weight is 2150 g/mol. The van der Waals surface area contributed by atoms with Crippen molar-refractivity contribution in [2.75, 3.05) is 0 Å². The summed E-state index contributed by atoms with van der Waals surface area (Å²) in [5, 5.41) is 0. The van der Waals surface area contributed by atoms with Crippen LogP contribution >= 0.6 is 0 Å². The van der Waals surface area contributed by atoms with Gasteiger partial charge in [-0.3, -0.25) is 0 Å². The molecule has 5 heterocycles. The third-order valence-corrected chi connectivity index (χ3v) is 17.4. The van der Waals surface area contributed by atoms with Gasteiger partial charge in [0.2, 0.25) is 0 Å². The van der Waals surface area contributed by atoms with Gasteiger partial charge in [0, 0.05) is 111 Å². The van der Waals surface area contributed by atoms with Crippen molar-refractivity contribution in [3.63, 3.8) is 0 Å². The third-order valence-electron chi connectivity index (χ3n) is 17.4. The smallest absolute Gasteiger partial charge is 0.0163 e. The second-order valence-electron chi connectivity index (χ2n) is 26.6. The van der Waals surface area contributed by atoms with E-state index >= 15 is 0 Å². The van der Waals surface area contributed by atoms with Crippen LogP contribution in [0.4, 0.5) is 0 Å². The molecule has 5 aromatic heterocycles. The second-order valence-corrected chi connectivity index (χ2v) is 26.6. The van der Waals surface area contributed by atoms with Crippen molar-refractivity contribution in [1.82, 2.24) is 24.9 Å². The fourth-order valence-electron chi connectivity index (χ4n) is 11.7. The van der Waals surface area contributed by atoms with E-state index in [2.05, 4.69) is 304 Å². The van der Waals surface area contributed by atoms with Crippen LogP contribution in [0.15, 0.2) is 365 Å². The molecule has 0 spiro atoms. The van der Waals surface area contributed by atoms with Crippen molar-refractivity contribution in [2.24, 2.45) is 5.92 Å². The molecule has 0 atom stereocenters. The van der Waals surface area contributed by atoms with Crippen LogP contribution in [0.5, 0.6) is 0 Å². The van der Waals surface area contributed by atoms with E-state index in [9.17, 15) is 0 Å². The number of aromatic nitrogens is 5. The summed E-state index contributed by atoms with van der Waals surface area (Å²) in [5.74, 6) is 1.68. The maximum Gasteiger partial charge on any atom is 0.0163 e. The van der Waals surface area contributed by atoms with Crippen molar-refractivity contribution < 1.29 is 80.4 Å². The van der Waals surface area contributed by atoms with Crippen LogP contribution in [0.25, 0.3) is 112 Å². The van der Waals surface area contributed by atoms with Gasteiger partial charge in [-0.05, 0) is 112 Å². The van der Waals surface area contributed by atoms with Crippen LogP contribution in [0.1, 0.15) is 75.6 Å². The van der Waals surface area contributed by atoms with Gasteiger partial charge >= 0.3 is 0 Å². The number of hydrogen-bond donors (Lipinski definition) is 0. The largest absolute Gasteiger partial charge is 0.305 e. The molecule has 0 saturated heterocycles. The Bertz CT molecular complexity index is 5010. The summed E-state index contributed by atoms with van der Waals surface area (Å²) in [4.78, 5) is 21.9. The predicted octanol–water partition coefficient (Wildman–Crippen LogP) is 26.1. The van der Waals surface area contributed by atoms with Crippen molar-refractivity contribution >= 4 is 0 Å². The van der Waals surface area contributed by atoms with E-state index in [0.717, 1.165) is 73.8 Å². The summed E-state index contributed by atoms with van der Waals surface area (Å²) in [6.45, 7) is 15.4. The summed E-state index contributed by atoms with van der Waals surface area (Å²) < 4.78 is 0. The molecule has 5 nitrogen and oxygen atoms in total. The maximum atomic E-state index is 4.52. The summed E-state index contributed by atoms with van der Waals surface area (Å²) in [7, 11) is 0. The molecule has 11 aromatic carbocycles. The molecule has 0 bridgehead atoms. The first-order chi connectivity index (χ1) is 52.5. The van der Waals surface area contributed by atoms with Gasteiger partial charge in [-0.1, -0.05) is 222 Å². The molecule has 0 saturated carbocycles. The molecule has 0 aliphatic heterocycles. The van der Waals surface area contributed by atoms with Gasteiger partial charge in [-0.25, -0.2) is 11.1 Å². The fourth-order valence-corrected chi connectivity index (χ4v) is 11.7. The Kier molecular flexibility index (Phi) is 37.3. The van der Waals surface area contributed by atoms with Crippen molar-refractivity contribution in [2.45, 2.75) is 66.7 Å². The van der Waals surface area contributed by atoms with Gasteiger partial charge in [-0.15, -0.1) is 201 Å². The number of nitrogens with zero attached hydrogens (tertiary/aromatic N) is 5. The summed E-state index contributed by atoms with van der Waals surface area (Å²) >= 11 is 0. The first-order valence-electron chi connectivity index (χ1n) is 36.4. The van der Waals surface area contributed by atoms with Crippen LogP contribution in [-0.2, 0) is 86.8 Å². The average Bonchev–Trinajstić information content (AvgIpc) is 0.843. The molecular formula is C102H86Ir4N5-7. The Balaban J connectivity index is 0.000000186. The van der Waals surface area contributed by atoms with Gasteiger partial charge < -0.3 is 24.9 Å².